The maximum Gasteiger partial charge on any atom is 0.407 e. The lowest BCUT2D eigenvalue weighted by atomic mass is 9.47. The van der Waals surface area contributed by atoms with E-state index in [-0.39, 0.29) is 36.6 Å². The monoisotopic (exact) mass is 558 g/mol. The molecular weight excluding hydrogens is 500 g/mol. The zero-order valence-corrected chi connectivity index (χ0v) is 26.3. The van der Waals surface area contributed by atoms with Gasteiger partial charge in [-0.05, 0) is 97.7 Å². The number of allylic oxidation sites excluding steroid dienone is 1. The van der Waals surface area contributed by atoms with E-state index in [2.05, 4.69) is 51.3 Å². The molecule has 6 nitrogen and oxygen atoms in total. The van der Waals surface area contributed by atoms with Crippen LogP contribution in [-0.4, -0.2) is 42.4 Å². The summed E-state index contributed by atoms with van der Waals surface area (Å²) in [5.41, 5.74) is 2.23. The lowest BCUT2D eigenvalue weighted by molar-refractivity contribution is -0.121. The quantitative estimate of drug-likeness (QED) is 0.238. The van der Waals surface area contributed by atoms with Gasteiger partial charge in [0.1, 0.15) is 12.6 Å². The molecule has 6 heteroatoms. The largest absolute Gasteiger partial charge is 0.446 e. The SMILES string of the molecule is CCC(CO)NC(=O)CNC(=O)O[C@H]1CC[C@@]2(C)C(=CCC3C2CC[C@@]2(C)C3CC[C@@H]2[C@H](C)CCCC(C)C)C1. The highest BCUT2D eigenvalue weighted by molar-refractivity contribution is 5.82. The van der Waals surface area contributed by atoms with Crippen LogP contribution in [0.1, 0.15) is 119 Å². The molecule has 4 rings (SSSR count). The number of hydrogen-bond donors (Lipinski definition) is 3. The smallest absolute Gasteiger partial charge is 0.407 e. The molecule has 0 heterocycles. The van der Waals surface area contributed by atoms with Crippen molar-refractivity contribution >= 4 is 12.0 Å². The van der Waals surface area contributed by atoms with Crippen molar-refractivity contribution < 1.29 is 19.4 Å². The van der Waals surface area contributed by atoms with Crippen LogP contribution >= 0.6 is 0 Å². The second kappa shape index (κ2) is 13.2. The highest BCUT2D eigenvalue weighted by atomic mass is 16.6. The Kier molecular flexibility index (Phi) is 10.3. The van der Waals surface area contributed by atoms with Crippen molar-refractivity contribution in [3.8, 4) is 0 Å². The summed E-state index contributed by atoms with van der Waals surface area (Å²) in [6.45, 7) is 14.1. The summed E-state index contributed by atoms with van der Waals surface area (Å²) >= 11 is 0. The molecule has 3 fully saturated rings. The van der Waals surface area contributed by atoms with Crippen molar-refractivity contribution in [2.45, 2.75) is 131 Å². The molecule has 0 saturated heterocycles. The van der Waals surface area contributed by atoms with Gasteiger partial charge in [0.05, 0.1) is 12.6 Å². The average Bonchev–Trinajstić information content (AvgIpc) is 3.27. The number of amides is 2. The van der Waals surface area contributed by atoms with Crippen LogP contribution in [0.3, 0.4) is 0 Å². The third-order valence-electron chi connectivity index (χ3n) is 12.0. The Morgan fingerprint density at radius 1 is 1.07 bits per heavy atom. The van der Waals surface area contributed by atoms with Gasteiger partial charge in [-0.25, -0.2) is 4.79 Å². The van der Waals surface area contributed by atoms with Crippen molar-refractivity contribution in [2.75, 3.05) is 13.2 Å². The first kappa shape index (κ1) is 31.4. The van der Waals surface area contributed by atoms with Crippen LogP contribution in [0.15, 0.2) is 11.6 Å². The predicted molar refractivity (Wildman–Crippen MR) is 161 cm³/mol. The molecule has 0 aromatic rings. The number of aliphatic hydroxyl groups excluding tert-OH is 1. The van der Waals surface area contributed by atoms with E-state index >= 15 is 0 Å². The zero-order valence-electron chi connectivity index (χ0n) is 26.3. The number of carbonyl (C=O) groups excluding carboxylic acids is 2. The van der Waals surface area contributed by atoms with Crippen LogP contribution in [0.4, 0.5) is 4.79 Å². The van der Waals surface area contributed by atoms with Crippen LogP contribution in [-0.2, 0) is 9.53 Å². The number of rotatable bonds is 11. The van der Waals surface area contributed by atoms with Crippen molar-refractivity contribution in [3.05, 3.63) is 11.6 Å². The van der Waals surface area contributed by atoms with Gasteiger partial charge in [-0.3, -0.25) is 4.79 Å². The first-order chi connectivity index (χ1) is 19.0. The Labute approximate surface area is 243 Å². The maximum absolute atomic E-state index is 12.5. The third-order valence-corrected chi connectivity index (χ3v) is 12.0. The lowest BCUT2D eigenvalue weighted by Crippen LogP contribution is -2.51. The summed E-state index contributed by atoms with van der Waals surface area (Å²) in [5.74, 6) is 4.61. The molecule has 3 saturated carbocycles. The van der Waals surface area contributed by atoms with Gasteiger partial charge >= 0.3 is 6.09 Å². The fourth-order valence-corrected chi connectivity index (χ4v) is 9.65. The molecule has 0 aromatic carbocycles. The van der Waals surface area contributed by atoms with Crippen LogP contribution in [0.2, 0.25) is 0 Å². The minimum atomic E-state index is -0.525. The van der Waals surface area contributed by atoms with Crippen molar-refractivity contribution in [1.29, 1.82) is 0 Å². The second-order valence-electron chi connectivity index (χ2n) is 14.8. The van der Waals surface area contributed by atoms with Gasteiger partial charge < -0.3 is 20.5 Å². The molecule has 0 spiro atoms. The molecule has 4 unspecified atom stereocenters. The summed E-state index contributed by atoms with van der Waals surface area (Å²) in [6.07, 6.45) is 16.2. The number of aliphatic hydroxyl groups is 1. The molecule has 0 aliphatic heterocycles. The standard InChI is InChI=1S/C34H58N2O4/c1-7-25(21-37)36-31(38)20-35-32(39)40-26-15-17-33(5)24(19-26)11-12-27-29-14-13-28(23(4)10-8-9-22(2)3)34(29,6)18-16-30(27)33/h11,22-23,25-30,37H,7-10,12-21H2,1-6H3,(H,35,39)(H,36,38)/t23-,25?,26+,27?,28-,29?,30?,33+,34-/m1/s1. The predicted octanol–water partition coefficient (Wildman–Crippen LogP) is 7.01. The first-order valence-corrected chi connectivity index (χ1v) is 16.6. The molecule has 0 radical (unpaired) electrons. The van der Waals surface area contributed by atoms with Gasteiger partial charge in [0.15, 0.2) is 0 Å². The number of fused-ring (bicyclic) bond motifs is 5. The lowest BCUT2D eigenvalue weighted by Gasteiger charge is -2.58. The van der Waals surface area contributed by atoms with Crippen LogP contribution < -0.4 is 10.6 Å². The van der Waals surface area contributed by atoms with Gasteiger partial charge in [0.2, 0.25) is 5.91 Å². The van der Waals surface area contributed by atoms with E-state index in [1.54, 1.807) is 0 Å². The maximum atomic E-state index is 12.5. The van der Waals surface area contributed by atoms with Crippen molar-refractivity contribution in [1.82, 2.24) is 10.6 Å². The molecule has 9 atom stereocenters. The van der Waals surface area contributed by atoms with E-state index in [4.69, 9.17) is 4.74 Å². The Bertz CT molecular complexity index is 914. The highest BCUT2D eigenvalue weighted by Gasteiger charge is 2.59. The normalized spacial score (nSPS) is 36.5. The third kappa shape index (κ3) is 6.57. The molecule has 40 heavy (non-hydrogen) atoms. The van der Waals surface area contributed by atoms with E-state index < -0.39 is 6.09 Å². The molecular formula is C34H58N2O4. The molecule has 4 aliphatic carbocycles. The molecule has 0 bridgehead atoms. The second-order valence-corrected chi connectivity index (χ2v) is 14.8. The van der Waals surface area contributed by atoms with E-state index in [9.17, 15) is 14.7 Å². The van der Waals surface area contributed by atoms with Gasteiger partial charge in [0.25, 0.3) is 0 Å². The number of hydrogen-bond acceptors (Lipinski definition) is 4. The average molecular weight is 559 g/mol. The van der Waals surface area contributed by atoms with Crippen LogP contribution in [0, 0.1) is 46.3 Å². The van der Waals surface area contributed by atoms with Crippen molar-refractivity contribution in [3.63, 3.8) is 0 Å². The number of ether oxygens (including phenoxy) is 1. The Hall–Kier alpha value is -1.56. The van der Waals surface area contributed by atoms with E-state index in [0.29, 0.717) is 11.8 Å². The van der Waals surface area contributed by atoms with Gasteiger partial charge in [0, 0.05) is 6.42 Å². The minimum Gasteiger partial charge on any atom is -0.446 e. The summed E-state index contributed by atoms with van der Waals surface area (Å²) in [6, 6.07) is -0.283. The summed E-state index contributed by atoms with van der Waals surface area (Å²) in [4.78, 5) is 24.5. The van der Waals surface area contributed by atoms with Gasteiger partial charge in [-0.15, -0.1) is 0 Å². The summed E-state index contributed by atoms with van der Waals surface area (Å²) in [5, 5.41) is 14.6. The Morgan fingerprint density at radius 3 is 2.55 bits per heavy atom. The van der Waals surface area contributed by atoms with Gasteiger partial charge in [-0.2, -0.15) is 0 Å². The molecule has 2 amide bonds. The Morgan fingerprint density at radius 2 is 1.85 bits per heavy atom. The van der Waals surface area contributed by atoms with E-state index in [0.717, 1.165) is 54.8 Å². The minimum absolute atomic E-state index is 0.109. The summed E-state index contributed by atoms with van der Waals surface area (Å²) in [7, 11) is 0. The summed E-state index contributed by atoms with van der Waals surface area (Å²) < 4.78 is 5.78. The number of carbonyl (C=O) groups is 2. The molecule has 4 aliphatic rings. The number of alkyl carbamates (subject to hydrolysis) is 1. The number of nitrogens with one attached hydrogen (secondary N) is 2. The molecule has 228 valence electrons. The van der Waals surface area contributed by atoms with E-state index in [1.807, 2.05) is 6.92 Å². The highest BCUT2D eigenvalue weighted by Crippen LogP contribution is 2.67. The van der Waals surface area contributed by atoms with Crippen molar-refractivity contribution in [2.24, 2.45) is 46.3 Å². The Balaban J connectivity index is 1.32. The fraction of sp³-hybridized carbons (Fsp3) is 0.882. The molecule has 3 N–H and O–H groups in total. The topological polar surface area (TPSA) is 87.7 Å². The fourth-order valence-electron chi connectivity index (χ4n) is 9.65. The van der Waals surface area contributed by atoms with Crippen LogP contribution in [0.5, 0.6) is 0 Å². The van der Waals surface area contributed by atoms with E-state index in [1.165, 1.54) is 56.9 Å². The first-order valence-electron chi connectivity index (χ1n) is 16.6. The molecule has 0 aromatic heterocycles. The van der Waals surface area contributed by atoms with Crippen LogP contribution in [0.25, 0.3) is 0 Å². The zero-order chi connectivity index (χ0) is 29.1. The van der Waals surface area contributed by atoms with Gasteiger partial charge in [-0.1, -0.05) is 72.5 Å².